The fourth-order valence-corrected chi connectivity index (χ4v) is 3.77. The Labute approximate surface area is 166 Å². The molecule has 0 bridgehead atoms. The number of rotatable bonds is 5. The fraction of sp³-hybridized carbons (Fsp3) is 0.364. The van der Waals surface area contributed by atoms with Gasteiger partial charge in [-0.25, -0.2) is 4.98 Å². The van der Waals surface area contributed by atoms with Crippen LogP contribution in [0.2, 0.25) is 0 Å². The Balaban J connectivity index is 1.27. The number of hydrogen-bond donors (Lipinski definition) is 2. The Morgan fingerprint density at radius 1 is 1.21 bits per heavy atom. The number of imidazole rings is 1. The van der Waals surface area contributed by atoms with Crippen LogP contribution < -0.4 is 15.5 Å². The van der Waals surface area contributed by atoms with E-state index < -0.39 is 0 Å². The van der Waals surface area contributed by atoms with Crippen molar-refractivity contribution in [2.24, 2.45) is 4.99 Å². The van der Waals surface area contributed by atoms with Crippen LogP contribution in [0.3, 0.4) is 0 Å². The largest absolute Gasteiger partial charge is 0.369 e. The second-order valence-electron chi connectivity index (χ2n) is 7.31. The van der Waals surface area contributed by atoms with E-state index in [2.05, 4.69) is 80.5 Å². The summed E-state index contributed by atoms with van der Waals surface area (Å²) in [7, 11) is 1.83. The predicted octanol–water partition coefficient (Wildman–Crippen LogP) is 2.63. The van der Waals surface area contributed by atoms with Crippen molar-refractivity contribution < 1.29 is 0 Å². The van der Waals surface area contributed by atoms with Crippen molar-refractivity contribution >= 4 is 17.3 Å². The quantitative estimate of drug-likeness (QED) is 0.531. The van der Waals surface area contributed by atoms with Crippen LogP contribution in [0, 0.1) is 6.92 Å². The number of hydrogen-bond acceptors (Lipinski definition) is 3. The van der Waals surface area contributed by atoms with Gasteiger partial charge in [-0.05, 0) is 37.1 Å². The monoisotopic (exact) mass is 376 g/mol. The van der Waals surface area contributed by atoms with Crippen molar-refractivity contribution in [3.63, 3.8) is 0 Å². The fourth-order valence-electron chi connectivity index (χ4n) is 3.77. The molecule has 0 aliphatic carbocycles. The van der Waals surface area contributed by atoms with E-state index >= 15 is 0 Å². The standard InChI is InChI=1S/C22H28N6/c1-17-7-6-13-28-16-18(25-21(17)28)10-12-24-22(23-2)26-19-11-14-27(15-19)20-8-4-3-5-9-20/h3-9,13,16,19H,10-12,14-15H2,1-2H3,(H2,23,24,26). The molecule has 1 aliphatic heterocycles. The Morgan fingerprint density at radius 2 is 2.07 bits per heavy atom. The number of nitrogens with one attached hydrogen (secondary N) is 2. The lowest BCUT2D eigenvalue weighted by Gasteiger charge is -2.20. The highest BCUT2D eigenvalue weighted by molar-refractivity contribution is 5.80. The first-order valence-electron chi connectivity index (χ1n) is 9.93. The molecule has 6 nitrogen and oxygen atoms in total. The number of aliphatic imine (C=N–C) groups is 1. The van der Waals surface area contributed by atoms with Crippen molar-refractivity contribution in [2.45, 2.75) is 25.8 Å². The Morgan fingerprint density at radius 3 is 2.86 bits per heavy atom. The van der Waals surface area contributed by atoms with Crippen molar-refractivity contribution in [3.05, 3.63) is 66.1 Å². The molecule has 0 radical (unpaired) electrons. The van der Waals surface area contributed by atoms with Crippen LogP contribution in [-0.4, -0.2) is 48.1 Å². The highest BCUT2D eigenvalue weighted by Crippen LogP contribution is 2.19. The summed E-state index contributed by atoms with van der Waals surface area (Å²) in [5.41, 5.74) is 4.61. The molecule has 1 atom stereocenters. The summed E-state index contributed by atoms with van der Waals surface area (Å²) in [6.07, 6.45) is 6.13. The lowest BCUT2D eigenvalue weighted by atomic mass is 10.2. The number of fused-ring (bicyclic) bond motifs is 1. The molecule has 28 heavy (non-hydrogen) atoms. The molecule has 4 rings (SSSR count). The van der Waals surface area contributed by atoms with Gasteiger partial charge in [0, 0.05) is 57.2 Å². The molecule has 1 unspecified atom stereocenters. The van der Waals surface area contributed by atoms with Gasteiger partial charge in [0.25, 0.3) is 0 Å². The number of benzene rings is 1. The molecule has 1 aliphatic rings. The van der Waals surface area contributed by atoms with Gasteiger partial charge >= 0.3 is 0 Å². The van der Waals surface area contributed by atoms with Crippen molar-refractivity contribution in [2.75, 3.05) is 31.6 Å². The van der Waals surface area contributed by atoms with Gasteiger partial charge in [-0.15, -0.1) is 0 Å². The van der Waals surface area contributed by atoms with Gasteiger partial charge in [-0.2, -0.15) is 0 Å². The summed E-state index contributed by atoms with van der Waals surface area (Å²) in [5.74, 6) is 0.861. The number of para-hydroxylation sites is 1. The van der Waals surface area contributed by atoms with E-state index in [1.165, 1.54) is 11.3 Å². The Kier molecular flexibility index (Phi) is 5.46. The van der Waals surface area contributed by atoms with Gasteiger partial charge in [0.05, 0.1) is 5.69 Å². The molecule has 0 saturated carbocycles. The molecule has 3 aromatic rings. The van der Waals surface area contributed by atoms with Crippen LogP contribution in [0.15, 0.2) is 59.9 Å². The SMILES string of the molecule is CN=C(NCCc1cn2cccc(C)c2n1)NC1CCN(c2ccccc2)C1. The summed E-state index contributed by atoms with van der Waals surface area (Å²) in [6, 6.07) is 15.1. The number of guanidine groups is 1. The van der Waals surface area contributed by atoms with Gasteiger partial charge < -0.3 is 19.9 Å². The summed E-state index contributed by atoms with van der Waals surface area (Å²) in [5, 5.41) is 6.99. The lowest BCUT2D eigenvalue weighted by molar-refractivity contribution is 0.648. The Bertz CT molecular complexity index is 946. The van der Waals surface area contributed by atoms with Crippen LogP contribution in [0.5, 0.6) is 0 Å². The van der Waals surface area contributed by atoms with Crippen LogP contribution >= 0.6 is 0 Å². The number of anilines is 1. The number of pyridine rings is 1. The van der Waals surface area contributed by atoms with Crippen molar-refractivity contribution in [1.82, 2.24) is 20.0 Å². The molecule has 1 saturated heterocycles. The summed E-state index contributed by atoms with van der Waals surface area (Å²) in [4.78, 5) is 11.5. The molecule has 1 fully saturated rings. The summed E-state index contributed by atoms with van der Waals surface area (Å²) >= 11 is 0. The predicted molar refractivity (Wildman–Crippen MR) is 115 cm³/mol. The van der Waals surface area contributed by atoms with Crippen molar-refractivity contribution in [1.29, 1.82) is 0 Å². The molecule has 2 aromatic heterocycles. The molecular formula is C22H28N6. The molecule has 146 valence electrons. The third-order valence-corrected chi connectivity index (χ3v) is 5.28. The second-order valence-corrected chi connectivity index (χ2v) is 7.31. The molecule has 2 N–H and O–H groups in total. The van der Waals surface area contributed by atoms with Gasteiger partial charge in [0.15, 0.2) is 5.96 Å². The van der Waals surface area contributed by atoms with Gasteiger partial charge in [-0.1, -0.05) is 24.3 Å². The van der Waals surface area contributed by atoms with E-state index in [0.717, 1.165) is 49.8 Å². The molecule has 0 amide bonds. The second kappa shape index (κ2) is 8.33. The summed E-state index contributed by atoms with van der Waals surface area (Å²) < 4.78 is 2.09. The van der Waals surface area contributed by atoms with E-state index in [0.29, 0.717) is 6.04 Å². The topological polar surface area (TPSA) is 57.0 Å². The van der Waals surface area contributed by atoms with E-state index in [4.69, 9.17) is 4.98 Å². The minimum absolute atomic E-state index is 0.407. The van der Waals surface area contributed by atoms with E-state index in [9.17, 15) is 0 Å². The Hall–Kier alpha value is -3.02. The maximum absolute atomic E-state index is 4.74. The maximum Gasteiger partial charge on any atom is 0.191 e. The van der Waals surface area contributed by atoms with Crippen molar-refractivity contribution in [3.8, 4) is 0 Å². The minimum Gasteiger partial charge on any atom is -0.369 e. The average Bonchev–Trinajstić information content (AvgIpc) is 3.35. The maximum atomic E-state index is 4.74. The smallest absolute Gasteiger partial charge is 0.191 e. The minimum atomic E-state index is 0.407. The molecule has 6 heteroatoms. The lowest BCUT2D eigenvalue weighted by Crippen LogP contribution is -2.45. The van der Waals surface area contributed by atoms with Crippen LogP contribution in [0.25, 0.3) is 5.65 Å². The van der Waals surface area contributed by atoms with Crippen LogP contribution in [-0.2, 0) is 6.42 Å². The first kappa shape index (κ1) is 18.3. The normalized spacial score (nSPS) is 17.3. The first-order valence-corrected chi connectivity index (χ1v) is 9.93. The molecule has 3 heterocycles. The zero-order valence-corrected chi connectivity index (χ0v) is 16.6. The van der Waals surface area contributed by atoms with Crippen LogP contribution in [0.1, 0.15) is 17.7 Å². The van der Waals surface area contributed by atoms with Gasteiger partial charge in [0.1, 0.15) is 5.65 Å². The highest BCUT2D eigenvalue weighted by atomic mass is 15.2. The third-order valence-electron chi connectivity index (χ3n) is 5.28. The van der Waals surface area contributed by atoms with E-state index in [1.807, 2.05) is 13.2 Å². The molecular weight excluding hydrogens is 348 g/mol. The zero-order chi connectivity index (χ0) is 19.3. The van der Waals surface area contributed by atoms with Gasteiger partial charge in [0.2, 0.25) is 0 Å². The average molecular weight is 377 g/mol. The van der Waals surface area contributed by atoms with Crippen LogP contribution in [0.4, 0.5) is 5.69 Å². The van der Waals surface area contributed by atoms with Gasteiger partial charge in [-0.3, -0.25) is 4.99 Å². The third kappa shape index (κ3) is 4.11. The number of aromatic nitrogens is 2. The summed E-state index contributed by atoms with van der Waals surface area (Å²) in [6.45, 7) is 4.96. The number of nitrogens with zero attached hydrogens (tertiary/aromatic N) is 4. The molecule has 1 aromatic carbocycles. The van der Waals surface area contributed by atoms with E-state index in [-0.39, 0.29) is 0 Å². The number of aryl methyl sites for hydroxylation is 1. The zero-order valence-electron chi connectivity index (χ0n) is 16.6. The first-order chi connectivity index (χ1) is 13.7. The van der Waals surface area contributed by atoms with E-state index in [1.54, 1.807) is 0 Å². The highest BCUT2D eigenvalue weighted by Gasteiger charge is 2.23. The molecule has 0 spiro atoms.